The predicted octanol–water partition coefficient (Wildman–Crippen LogP) is 3.65. The van der Waals surface area contributed by atoms with Crippen LogP contribution in [0.1, 0.15) is 44.6 Å². The average molecular weight is 315 g/mol. The topological polar surface area (TPSA) is 58.4 Å². The van der Waals surface area contributed by atoms with Gasteiger partial charge in [0.2, 0.25) is 5.91 Å². The Morgan fingerprint density at radius 2 is 2.00 bits per heavy atom. The molecule has 0 bridgehead atoms. The molecule has 1 atom stereocenters. The number of carbonyl (C=O) groups excluding carboxylic acids is 1. The number of hydrogen-bond donors (Lipinski definition) is 1. The first kappa shape index (κ1) is 17.2. The predicted molar refractivity (Wildman–Crippen MR) is 91.2 cm³/mol. The molecular formula is C18H25N3O2. The Balaban J connectivity index is 1.99. The summed E-state index contributed by atoms with van der Waals surface area (Å²) < 4.78 is 5.32. The highest BCUT2D eigenvalue weighted by Crippen LogP contribution is 2.17. The maximum Gasteiger partial charge on any atom is 0.241 e. The van der Waals surface area contributed by atoms with Crippen molar-refractivity contribution in [3.05, 3.63) is 47.9 Å². The molecule has 1 aromatic heterocycles. The number of benzene rings is 1. The van der Waals surface area contributed by atoms with Gasteiger partial charge in [-0.2, -0.15) is 0 Å². The van der Waals surface area contributed by atoms with Crippen LogP contribution in [0.25, 0.3) is 0 Å². The normalized spacial score (nSPS) is 12.6. The molecule has 0 fully saturated rings. The summed E-state index contributed by atoms with van der Waals surface area (Å²) in [4.78, 5) is 14.5. The van der Waals surface area contributed by atoms with E-state index in [1.54, 1.807) is 0 Å². The minimum Gasteiger partial charge on any atom is -0.361 e. The summed E-state index contributed by atoms with van der Waals surface area (Å²) in [5.74, 6) is 1.17. The van der Waals surface area contributed by atoms with Gasteiger partial charge in [0.05, 0.1) is 11.7 Å². The van der Waals surface area contributed by atoms with E-state index in [9.17, 15) is 4.79 Å². The summed E-state index contributed by atoms with van der Waals surface area (Å²) in [6.45, 7) is 6.72. The second-order valence-electron chi connectivity index (χ2n) is 6.07. The van der Waals surface area contributed by atoms with E-state index in [4.69, 9.17) is 4.52 Å². The number of nitrogens with zero attached hydrogens (tertiary/aromatic N) is 2. The molecule has 1 N–H and O–H groups in total. The van der Waals surface area contributed by atoms with E-state index in [0.29, 0.717) is 12.5 Å². The molecule has 5 heteroatoms. The Labute approximate surface area is 137 Å². The molecule has 2 rings (SSSR count). The largest absolute Gasteiger partial charge is 0.361 e. The molecule has 0 aliphatic heterocycles. The van der Waals surface area contributed by atoms with Crippen molar-refractivity contribution in [2.45, 2.75) is 45.7 Å². The molecule has 1 aromatic carbocycles. The zero-order chi connectivity index (χ0) is 16.8. The number of likely N-dealkylation sites (N-methyl/N-ethyl adjacent to an activating group) is 1. The molecule has 0 radical (unpaired) electrons. The highest BCUT2D eigenvalue weighted by molar-refractivity contribution is 5.94. The van der Waals surface area contributed by atoms with Crippen LogP contribution in [0.15, 0.2) is 40.9 Å². The summed E-state index contributed by atoms with van der Waals surface area (Å²) in [6.07, 6.45) is 0.726. The zero-order valence-corrected chi connectivity index (χ0v) is 14.2. The van der Waals surface area contributed by atoms with Crippen LogP contribution in [0.2, 0.25) is 0 Å². The lowest BCUT2D eigenvalue weighted by molar-refractivity contribution is -0.121. The second-order valence-corrected chi connectivity index (χ2v) is 6.07. The molecule has 0 saturated carbocycles. The molecule has 1 heterocycles. The fraction of sp³-hybridized carbons (Fsp3) is 0.444. The van der Waals surface area contributed by atoms with Gasteiger partial charge in [0.25, 0.3) is 0 Å². The minimum atomic E-state index is -0.214. The number of anilines is 1. The van der Waals surface area contributed by atoms with Gasteiger partial charge in [-0.05, 0) is 25.6 Å². The maximum absolute atomic E-state index is 12.5. The van der Waals surface area contributed by atoms with Crippen LogP contribution in [0, 0.1) is 0 Å². The van der Waals surface area contributed by atoms with E-state index in [0.717, 1.165) is 23.6 Å². The summed E-state index contributed by atoms with van der Waals surface area (Å²) >= 11 is 0. The van der Waals surface area contributed by atoms with Crippen molar-refractivity contribution in [1.29, 1.82) is 0 Å². The van der Waals surface area contributed by atoms with E-state index in [1.807, 2.05) is 55.3 Å². The smallest absolute Gasteiger partial charge is 0.241 e. The lowest BCUT2D eigenvalue weighted by Crippen LogP contribution is -2.41. The molecule has 23 heavy (non-hydrogen) atoms. The minimum absolute atomic E-state index is 0.00576. The average Bonchev–Trinajstić information content (AvgIpc) is 2.97. The third kappa shape index (κ3) is 4.66. The standard InChI is InChI=1S/C18H25N3O2/c1-5-16(18(22)19-14-9-7-6-8-10-14)21(4)12-15-11-17(13(2)3)23-20-15/h6-11,13,16H,5,12H2,1-4H3,(H,19,22). The van der Waals surface area contributed by atoms with Crippen LogP contribution < -0.4 is 5.32 Å². The highest BCUT2D eigenvalue weighted by atomic mass is 16.5. The highest BCUT2D eigenvalue weighted by Gasteiger charge is 2.22. The first-order chi connectivity index (χ1) is 11.0. The summed E-state index contributed by atoms with van der Waals surface area (Å²) in [5.41, 5.74) is 1.66. The molecule has 0 saturated heterocycles. The van der Waals surface area contributed by atoms with Crippen molar-refractivity contribution in [3.63, 3.8) is 0 Å². The number of para-hydroxylation sites is 1. The van der Waals surface area contributed by atoms with Gasteiger partial charge >= 0.3 is 0 Å². The van der Waals surface area contributed by atoms with Crippen molar-refractivity contribution in [2.75, 3.05) is 12.4 Å². The number of carbonyl (C=O) groups is 1. The molecule has 5 nitrogen and oxygen atoms in total. The summed E-state index contributed by atoms with van der Waals surface area (Å²) in [7, 11) is 1.93. The second kappa shape index (κ2) is 7.92. The van der Waals surface area contributed by atoms with Crippen molar-refractivity contribution in [2.24, 2.45) is 0 Å². The zero-order valence-electron chi connectivity index (χ0n) is 14.2. The third-order valence-corrected chi connectivity index (χ3v) is 3.82. The van der Waals surface area contributed by atoms with Crippen LogP contribution in [-0.2, 0) is 11.3 Å². The number of rotatable bonds is 7. The van der Waals surface area contributed by atoms with Gasteiger partial charge in [0, 0.05) is 24.2 Å². The van der Waals surface area contributed by atoms with Gasteiger partial charge < -0.3 is 9.84 Å². The van der Waals surface area contributed by atoms with Crippen LogP contribution in [0.5, 0.6) is 0 Å². The van der Waals surface area contributed by atoms with Crippen LogP contribution in [0.3, 0.4) is 0 Å². The van der Waals surface area contributed by atoms with Crippen LogP contribution in [-0.4, -0.2) is 29.1 Å². The van der Waals surface area contributed by atoms with Crippen molar-refractivity contribution in [3.8, 4) is 0 Å². The van der Waals surface area contributed by atoms with Crippen LogP contribution >= 0.6 is 0 Å². The monoisotopic (exact) mass is 315 g/mol. The summed E-state index contributed by atoms with van der Waals surface area (Å²) in [6, 6.07) is 11.3. The Morgan fingerprint density at radius 3 is 2.57 bits per heavy atom. The lowest BCUT2D eigenvalue weighted by atomic mass is 10.1. The molecule has 1 amide bonds. The Hall–Kier alpha value is -2.14. The quantitative estimate of drug-likeness (QED) is 0.847. The van der Waals surface area contributed by atoms with Gasteiger partial charge in [-0.15, -0.1) is 0 Å². The van der Waals surface area contributed by atoms with Gasteiger partial charge in [-0.25, -0.2) is 0 Å². The molecule has 1 unspecified atom stereocenters. The van der Waals surface area contributed by atoms with Gasteiger partial charge in [-0.3, -0.25) is 9.69 Å². The number of amides is 1. The molecule has 0 aliphatic carbocycles. The van der Waals surface area contributed by atoms with E-state index in [-0.39, 0.29) is 11.9 Å². The van der Waals surface area contributed by atoms with Gasteiger partial charge in [0.15, 0.2) is 0 Å². The first-order valence-electron chi connectivity index (χ1n) is 8.03. The van der Waals surface area contributed by atoms with Gasteiger partial charge in [-0.1, -0.05) is 44.1 Å². The Bertz CT molecular complexity index is 622. The van der Waals surface area contributed by atoms with Crippen molar-refractivity contribution >= 4 is 11.6 Å². The number of aromatic nitrogens is 1. The third-order valence-electron chi connectivity index (χ3n) is 3.82. The molecule has 0 spiro atoms. The Morgan fingerprint density at radius 1 is 1.30 bits per heavy atom. The van der Waals surface area contributed by atoms with Crippen LogP contribution in [0.4, 0.5) is 5.69 Å². The Kier molecular flexibility index (Phi) is 5.93. The number of nitrogens with one attached hydrogen (secondary N) is 1. The molecule has 0 aliphatic rings. The van der Waals surface area contributed by atoms with Crippen molar-refractivity contribution < 1.29 is 9.32 Å². The summed E-state index contributed by atoms with van der Waals surface area (Å²) in [5, 5.41) is 7.05. The van der Waals surface area contributed by atoms with Gasteiger partial charge in [0.1, 0.15) is 5.76 Å². The first-order valence-corrected chi connectivity index (χ1v) is 8.03. The van der Waals surface area contributed by atoms with E-state index < -0.39 is 0 Å². The fourth-order valence-electron chi connectivity index (χ4n) is 2.48. The molecule has 124 valence electrons. The fourth-order valence-corrected chi connectivity index (χ4v) is 2.48. The molecular weight excluding hydrogens is 290 g/mol. The SMILES string of the molecule is CCC(C(=O)Nc1ccccc1)N(C)Cc1cc(C(C)C)on1. The van der Waals surface area contributed by atoms with E-state index >= 15 is 0 Å². The van der Waals surface area contributed by atoms with Crippen molar-refractivity contribution in [1.82, 2.24) is 10.1 Å². The number of hydrogen-bond acceptors (Lipinski definition) is 4. The van der Waals surface area contributed by atoms with E-state index in [1.165, 1.54) is 0 Å². The molecule has 2 aromatic rings. The lowest BCUT2D eigenvalue weighted by Gasteiger charge is -2.25. The maximum atomic E-state index is 12.5. The van der Waals surface area contributed by atoms with E-state index in [2.05, 4.69) is 24.3 Å².